The number of anilines is 2. The van der Waals surface area contributed by atoms with Gasteiger partial charge >= 0.3 is 0 Å². The van der Waals surface area contributed by atoms with E-state index in [2.05, 4.69) is 45.7 Å². The standard InChI is InChI=1S/C16H12F2IN3O3S2/c1-7-4-8(19)2-3-10(7)21-16-9(11-6-13(26)22-25-11)5-12(27(20,23)24)14(17)15(16)18/h2-6,21H,1H3,(H,22,26)(H2,20,23,24). The Balaban J connectivity index is 2.27. The lowest BCUT2D eigenvalue weighted by atomic mass is 10.1. The van der Waals surface area contributed by atoms with Gasteiger partial charge in [-0.2, -0.15) is 0 Å². The molecule has 0 radical (unpaired) electrons. The minimum atomic E-state index is -4.51. The van der Waals surface area contributed by atoms with E-state index >= 15 is 0 Å². The fourth-order valence-electron chi connectivity index (χ4n) is 2.42. The Kier molecular flexibility index (Phi) is 5.47. The molecule has 0 saturated carbocycles. The molecule has 0 spiro atoms. The topological polar surface area (TPSA) is 98.2 Å². The van der Waals surface area contributed by atoms with Crippen molar-refractivity contribution in [2.24, 2.45) is 5.14 Å². The largest absolute Gasteiger partial charge is 0.355 e. The third kappa shape index (κ3) is 4.10. The first-order valence-corrected chi connectivity index (χ1v) is 10.4. The van der Waals surface area contributed by atoms with E-state index in [0.717, 1.165) is 15.2 Å². The van der Waals surface area contributed by atoms with Crippen LogP contribution in [0.3, 0.4) is 0 Å². The van der Waals surface area contributed by atoms with Crippen LogP contribution in [0.15, 0.2) is 44.8 Å². The first-order chi connectivity index (χ1) is 12.6. The van der Waals surface area contributed by atoms with Crippen LogP contribution in [0, 0.1) is 22.1 Å². The Labute approximate surface area is 172 Å². The van der Waals surface area contributed by atoms with Crippen molar-refractivity contribution in [3.05, 3.63) is 51.1 Å². The number of nitrogens with zero attached hydrogens (tertiary/aromatic N) is 1. The first-order valence-electron chi connectivity index (χ1n) is 7.32. The van der Waals surface area contributed by atoms with Crippen LogP contribution in [-0.2, 0) is 10.0 Å². The maximum Gasteiger partial charge on any atom is 0.241 e. The molecule has 142 valence electrons. The quantitative estimate of drug-likeness (QED) is 0.352. The Hall–Kier alpha value is -1.70. The molecule has 3 N–H and O–H groups in total. The van der Waals surface area contributed by atoms with Gasteiger partial charge in [-0.05, 0) is 59.3 Å². The van der Waals surface area contributed by atoms with E-state index in [9.17, 15) is 17.2 Å². The summed E-state index contributed by atoms with van der Waals surface area (Å²) in [6, 6.07) is 7.55. The average Bonchev–Trinajstić information content (AvgIpc) is 2.99. The van der Waals surface area contributed by atoms with E-state index in [-0.39, 0.29) is 22.0 Å². The highest BCUT2D eigenvalue weighted by atomic mass is 127. The number of benzene rings is 2. The highest BCUT2D eigenvalue weighted by Crippen LogP contribution is 2.38. The van der Waals surface area contributed by atoms with Gasteiger partial charge in [-0.25, -0.2) is 22.3 Å². The number of halogens is 3. The molecule has 1 heterocycles. The summed E-state index contributed by atoms with van der Waals surface area (Å²) in [5.41, 5.74) is 0.900. The lowest BCUT2D eigenvalue weighted by molar-refractivity contribution is 0.415. The van der Waals surface area contributed by atoms with Crippen LogP contribution in [0.25, 0.3) is 11.3 Å². The molecule has 6 nitrogen and oxygen atoms in total. The molecule has 0 aliphatic rings. The van der Waals surface area contributed by atoms with E-state index < -0.39 is 26.6 Å². The fraction of sp³-hybridized carbons (Fsp3) is 0.0625. The normalized spacial score (nSPS) is 11.6. The summed E-state index contributed by atoms with van der Waals surface area (Å²) in [4.78, 5) is -0.989. The number of sulfonamides is 1. The maximum absolute atomic E-state index is 14.8. The predicted molar refractivity (Wildman–Crippen MR) is 108 cm³/mol. The second-order valence-corrected chi connectivity index (χ2v) is 8.84. The summed E-state index contributed by atoms with van der Waals surface area (Å²) in [5.74, 6) is -3.00. The van der Waals surface area contributed by atoms with Crippen LogP contribution in [0.5, 0.6) is 0 Å². The molecule has 2 aromatic carbocycles. The van der Waals surface area contributed by atoms with E-state index in [1.165, 1.54) is 6.07 Å². The van der Waals surface area contributed by atoms with Gasteiger partial charge in [0.15, 0.2) is 17.4 Å². The van der Waals surface area contributed by atoms with Crippen molar-refractivity contribution < 1.29 is 21.7 Å². The number of nitrogens with two attached hydrogens (primary N) is 1. The summed E-state index contributed by atoms with van der Waals surface area (Å²) in [6.07, 6.45) is 0. The SMILES string of the molecule is Cc1cc(I)ccc1Nc1c(-c2cc(S)no2)cc(S(N)(=O)=O)c(F)c1F. The summed E-state index contributed by atoms with van der Waals surface area (Å²) in [5, 5.41) is 11.6. The van der Waals surface area contributed by atoms with E-state index in [1.54, 1.807) is 19.1 Å². The monoisotopic (exact) mass is 523 g/mol. The van der Waals surface area contributed by atoms with Gasteiger partial charge in [-0.3, -0.25) is 0 Å². The molecular formula is C16H12F2IN3O3S2. The van der Waals surface area contributed by atoms with Crippen molar-refractivity contribution in [2.75, 3.05) is 5.32 Å². The zero-order valence-electron chi connectivity index (χ0n) is 13.6. The van der Waals surface area contributed by atoms with Crippen LogP contribution < -0.4 is 10.5 Å². The Morgan fingerprint density at radius 3 is 2.48 bits per heavy atom. The molecule has 0 fully saturated rings. The van der Waals surface area contributed by atoms with Gasteiger partial charge in [0.1, 0.15) is 9.92 Å². The average molecular weight is 523 g/mol. The Morgan fingerprint density at radius 2 is 1.93 bits per heavy atom. The molecule has 27 heavy (non-hydrogen) atoms. The van der Waals surface area contributed by atoms with E-state index in [0.29, 0.717) is 5.69 Å². The molecule has 0 unspecified atom stereocenters. The van der Waals surface area contributed by atoms with Gasteiger partial charge in [-0.1, -0.05) is 5.16 Å². The summed E-state index contributed by atoms with van der Waals surface area (Å²) >= 11 is 6.13. The lowest BCUT2D eigenvalue weighted by Gasteiger charge is -2.16. The first kappa shape index (κ1) is 20.0. The molecule has 0 aliphatic heterocycles. The molecule has 11 heteroatoms. The minimum Gasteiger partial charge on any atom is -0.355 e. The molecule has 0 aliphatic carbocycles. The van der Waals surface area contributed by atoms with Crippen molar-refractivity contribution in [2.45, 2.75) is 16.8 Å². The van der Waals surface area contributed by atoms with Crippen LogP contribution in [0.2, 0.25) is 0 Å². The summed E-state index contributed by atoms with van der Waals surface area (Å²) in [7, 11) is -4.51. The number of hydrogen-bond acceptors (Lipinski definition) is 6. The molecule has 0 amide bonds. The molecule has 0 bridgehead atoms. The fourth-order valence-corrected chi connectivity index (χ4v) is 3.85. The smallest absolute Gasteiger partial charge is 0.241 e. The molecule has 0 atom stereocenters. The minimum absolute atomic E-state index is 0.00513. The van der Waals surface area contributed by atoms with Crippen LogP contribution in [0.1, 0.15) is 5.56 Å². The number of aryl methyl sites for hydroxylation is 1. The molecular weight excluding hydrogens is 511 g/mol. The molecule has 1 aromatic heterocycles. The molecule has 0 saturated heterocycles. The third-order valence-electron chi connectivity index (χ3n) is 3.69. The van der Waals surface area contributed by atoms with Crippen molar-refractivity contribution in [3.63, 3.8) is 0 Å². The Bertz CT molecular complexity index is 1150. The van der Waals surface area contributed by atoms with Gasteiger partial charge in [0, 0.05) is 20.9 Å². The van der Waals surface area contributed by atoms with Crippen LogP contribution >= 0.6 is 35.2 Å². The van der Waals surface area contributed by atoms with Crippen molar-refractivity contribution >= 4 is 56.6 Å². The molecule has 3 rings (SSSR count). The predicted octanol–water partition coefficient (Wildman–Crippen LogP) is 4.21. The maximum atomic E-state index is 14.8. The van der Waals surface area contributed by atoms with Crippen molar-refractivity contribution in [1.82, 2.24) is 5.16 Å². The lowest BCUT2D eigenvalue weighted by Crippen LogP contribution is -2.16. The number of nitrogens with one attached hydrogen (secondary N) is 1. The van der Waals surface area contributed by atoms with Crippen LogP contribution in [0.4, 0.5) is 20.2 Å². The number of hydrogen-bond donors (Lipinski definition) is 3. The number of primary sulfonamides is 1. The second kappa shape index (κ2) is 7.37. The van der Waals surface area contributed by atoms with Gasteiger partial charge in [0.2, 0.25) is 10.0 Å². The van der Waals surface area contributed by atoms with Gasteiger partial charge in [0.05, 0.1) is 5.69 Å². The zero-order valence-corrected chi connectivity index (χ0v) is 17.5. The van der Waals surface area contributed by atoms with E-state index in [4.69, 9.17) is 9.66 Å². The number of rotatable bonds is 4. The number of aromatic nitrogens is 1. The number of thiol groups is 1. The zero-order chi connectivity index (χ0) is 19.9. The molecule has 3 aromatic rings. The van der Waals surface area contributed by atoms with E-state index in [1.807, 2.05) is 6.07 Å². The van der Waals surface area contributed by atoms with Gasteiger partial charge in [0.25, 0.3) is 0 Å². The third-order valence-corrected chi connectivity index (χ3v) is 5.48. The second-order valence-electron chi connectivity index (χ2n) is 5.60. The summed E-state index contributed by atoms with van der Waals surface area (Å²) < 4.78 is 58.5. The van der Waals surface area contributed by atoms with Gasteiger partial charge < -0.3 is 9.84 Å². The van der Waals surface area contributed by atoms with Gasteiger partial charge in [-0.15, -0.1) is 12.6 Å². The van der Waals surface area contributed by atoms with Crippen LogP contribution in [-0.4, -0.2) is 13.6 Å². The summed E-state index contributed by atoms with van der Waals surface area (Å²) in [6.45, 7) is 1.79. The highest BCUT2D eigenvalue weighted by molar-refractivity contribution is 14.1. The van der Waals surface area contributed by atoms with Crippen molar-refractivity contribution in [3.8, 4) is 11.3 Å². The highest BCUT2D eigenvalue weighted by Gasteiger charge is 2.27. The van der Waals surface area contributed by atoms with Crippen molar-refractivity contribution in [1.29, 1.82) is 0 Å². The Morgan fingerprint density at radius 1 is 1.22 bits per heavy atom.